The highest BCUT2D eigenvalue weighted by Gasteiger charge is 2.61. The first-order valence-electron chi connectivity index (χ1n) is 11.6. The maximum atomic E-state index is 15.1. The van der Waals surface area contributed by atoms with Crippen LogP contribution < -0.4 is 10.4 Å². The Morgan fingerprint density at radius 2 is 1.81 bits per heavy atom. The Labute approximate surface area is 203 Å². The van der Waals surface area contributed by atoms with Gasteiger partial charge in [0.1, 0.15) is 11.7 Å². The molecule has 0 saturated heterocycles. The van der Waals surface area contributed by atoms with E-state index >= 15 is 4.39 Å². The molecule has 0 fully saturated rings. The molecular weight excluding hydrogens is 478 g/mol. The summed E-state index contributed by atoms with van der Waals surface area (Å²) < 4.78 is 58.0. The Morgan fingerprint density at radius 3 is 2.56 bits per heavy atom. The van der Waals surface area contributed by atoms with Gasteiger partial charge in [-0.3, -0.25) is 19.3 Å². The van der Waals surface area contributed by atoms with E-state index in [1.807, 2.05) is 18.2 Å². The molecule has 3 unspecified atom stereocenters. The minimum Gasteiger partial charge on any atom is -0.502 e. The van der Waals surface area contributed by atoms with E-state index in [2.05, 4.69) is 0 Å². The number of halogens is 4. The van der Waals surface area contributed by atoms with Crippen molar-refractivity contribution in [3.8, 4) is 5.75 Å². The molecule has 2 heterocycles. The monoisotopic (exact) mass is 499 g/mol. The lowest BCUT2D eigenvalue weighted by Crippen LogP contribution is -2.68. The summed E-state index contributed by atoms with van der Waals surface area (Å²) in [6.45, 7) is 0.634. The fourth-order valence-corrected chi connectivity index (χ4v) is 6.48. The Balaban J connectivity index is 1.71. The van der Waals surface area contributed by atoms with Gasteiger partial charge in [-0.1, -0.05) is 30.3 Å². The number of amides is 1. The van der Waals surface area contributed by atoms with Crippen LogP contribution >= 0.6 is 0 Å². The molecule has 186 valence electrons. The second-order valence-electron chi connectivity index (χ2n) is 9.46. The molecule has 36 heavy (non-hydrogen) atoms. The van der Waals surface area contributed by atoms with Gasteiger partial charge in [0.2, 0.25) is 5.43 Å². The van der Waals surface area contributed by atoms with Gasteiger partial charge >= 0.3 is 0 Å². The number of pyridine rings is 1. The van der Waals surface area contributed by atoms with Gasteiger partial charge in [0.15, 0.2) is 23.1 Å². The van der Waals surface area contributed by atoms with Crippen LogP contribution in [0.1, 0.15) is 39.7 Å². The lowest BCUT2D eigenvalue weighted by Gasteiger charge is -2.54. The Kier molecular flexibility index (Phi) is 4.77. The van der Waals surface area contributed by atoms with Crippen molar-refractivity contribution in [1.82, 2.24) is 9.58 Å². The lowest BCUT2D eigenvalue weighted by atomic mass is 9.81. The van der Waals surface area contributed by atoms with Gasteiger partial charge in [0.05, 0.1) is 6.54 Å². The zero-order valence-corrected chi connectivity index (χ0v) is 19.1. The Bertz CT molecular complexity index is 1490. The predicted octanol–water partition coefficient (Wildman–Crippen LogP) is 3.51. The summed E-state index contributed by atoms with van der Waals surface area (Å²) in [5.74, 6) is -4.06. The van der Waals surface area contributed by atoms with Crippen molar-refractivity contribution in [3.05, 3.63) is 98.5 Å². The highest BCUT2D eigenvalue weighted by atomic mass is 19.3. The van der Waals surface area contributed by atoms with Crippen molar-refractivity contribution < 1.29 is 27.5 Å². The van der Waals surface area contributed by atoms with E-state index in [1.54, 1.807) is 18.0 Å². The fraction of sp³-hybridized carbons (Fsp3) is 0.308. The third kappa shape index (κ3) is 2.72. The van der Waals surface area contributed by atoms with Crippen LogP contribution in [-0.2, 0) is 18.4 Å². The molecule has 1 aliphatic heterocycles. The van der Waals surface area contributed by atoms with Crippen LogP contribution in [0.5, 0.6) is 5.75 Å². The average Bonchev–Trinajstić information content (AvgIpc) is 3.33. The standard InChI is InChI=1S/C26H21F4N3O3/c1-13-31(12-21(28)29)25(36)23-24(35)20(34)8-9-32(23)33(13)26-15(10-14-4-2-3-5-17(14)26)11-16-18(26)6-7-19(27)22(16)30/h2-9,13,15,21,35H,10-12H2,1H3. The van der Waals surface area contributed by atoms with Crippen molar-refractivity contribution in [3.63, 3.8) is 0 Å². The second-order valence-corrected chi connectivity index (χ2v) is 9.46. The molecule has 0 bridgehead atoms. The van der Waals surface area contributed by atoms with E-state index < -0.39 is 59.1 Å². The fourth-order valence-electron chi connectivity index (χ4n) is 6.48. The van der Waals surface area contributed by atoms with Gasteiger partial charge in [-0.2, -0.15) is 0 Å². The van der Waals surface area contributed by atoms with Crippen LogP contribution in [0.4, 0.5) is 17.6 Å². The summed E-state index contributed by atoms with van der Waals surface area (Å²) in [5.41, 5.74) is -0.102. The smallest absolute Gasteiger partial charge is 0.278 e. The Morgan fingerprint density at radius 1 is 1.06 bits per heavy atom. The van der Waals surface area contributed by atoms with E-state index in [0.29, 0.717) is 12.0 Å². The van der Waals surface area contributed by atoms with Gasteiger partial charge in [0.25, 0.3) is 12.3 Å². The number of carbonyl (C=O) groups excluding carboxylic acids is 1. The molecule has 3 aromatic rings. The van der Waals surface area contributed by atoms with Crippen molar-refractivity contribution in [2.75, 3.05) is 11.6 Å². The number of fused-ring (bicyclic) bond motifs is 6. The van der Waals surface area contributed by atoms with Crippen LogP contribution in [0.2, 0.25) is 0 Å². The third-order valence-corrected chi connectivity index (χ3v) is 7.79. The van der Waals surface area contributed by atoms with Crippen molar-refractivity contribution in [1.29, 1.82) is 0 Å². The maximum Gasteiger partial charge on any atom is 0.278 e. The van der Waals surface area contributed by atoms with Gasteiger partial charge in [-0.15, -0.1) is 0 Å². The van der Waals surface area contributed by atoms with Crippen molar-refractivity contribution in [2.24, 2.45) is 5.92 Å². The first-order valence-corrected chi connectivity index (χ1v) is 11.6. The number of nitrogens with zero attached hydrogens (tertiary/aromatic N) is 3. The molecule has 3 atom stereocenters. The maximum absolute atomic E-state index is 15.1. The van der Waals surface area contributed by atoms with Gasteiger partial charge in [-0.05, 0) is 48.1 Å². The van der Waals surface area contributed by atoms with Crippen LogP contribution in [0.15, 0.2) is 53.5 Å². The minimum atomic E-state index is -2.88. The molecular formula is C26H21F4N3O3. The van der Waals surface area contributed by atoms with E-state index in [0.717, 1.165) is 28.2 Å². The largest absolute Gasteiger partial charge is 0.502 e. The topological polar surface area (TPSA) is 65.8 Å². The first kappa shape index (κ1) is 22.6. The number of alkyl halides is 2. The molecule has 0 radical (unpaired) electrons. The molecule has 6 nitrogen and oxygen atoms in total. The van der Waals surface area contributed by atoms with E-state index in [4.69, 9.17) is 0 Å². The first-order chi connectivity index (χ1) is 17.2. The summed E-state index contributed by atoms with van der Waals surface area (Å²) in [4.78, 5) is 26.5. The summed E-state index contributed by atoms with van der Waals surface area (Å²) >= 11 is 0. The average molecular weight is 499 g/mol. The van der Waals surface area contributed by atoms with Crippen molar-refractivity contribution >= 4 is 5.91 Å². The molecule has 1 aromatic heterocycles. The number of rotatable bonds is 3. The van der Waals surface area contributed by atoms with Gasteiger partial charge < -0.3 is 10.0 Å². The number of aromatic hydroxyl groups is 1. The van der Waals surface area contributed by atoms with E-state index in [1.165, 1.54) is 16.9 Å². The number of aromatic nitrogens is 1. The van der Waals surface area contributed by atoms with Crippen molar-refractivity contribution in [2.45, 2.75) is 37.9 Å². The summed E-state index contributed by atoms with van der Waals surface area (Å²) in [7, 11) is 0. The third-order valence-electron chi connectivity index (χ3n) is 7.79. The number of hydrogen-bond acceptors (Lipinski definition) is 4. The lowest BCUT2D eigenvalue weighted by molar-refractivity contribution is 0.0269. The predicted molar refractivity (Wildman–Crippen MR) is 122 cm³/mol. The van der Waals surface area contributed by atoms with Crippen LogP contribution in [0, 0.1) is 17.6 Å². The van der Waals surface area contributed by atoms with Gasteiger partial charge in [0, 0.05) is 18.2 Å². The zero-order valence-electron chi connectivity index (χ0n) is 19.1. The van der Waals surface area contributed by atoms with E-state index in [-0.39, 0.29) is 17.9 Å². The molecule has 3 aliphatic rings. The highest BCUT2D eigenvalue weighted by Crippen LogP contribution is 2.58. The van der Waals surface area contributed by atoms with Gasteiger partial charge in [-0.25, -0.2) is 17.6 Å². The van der Waals surface area contributed by atoms with Crippen LogP contribution in [0.25, 0.3) is 0 Å². The molecule has 6 rings (SSSR count). The van der Waals surface area contributed by atoms with Crippen LogP contribution in [-0.4, -0.2) is 39.7 Å². The van der Waals surface area contributed by atoms with Crippen LogP contribution in [0.3, 0.4) is 0 Å². The second kappa shape index (κ2) is 7.59. The number of benzene rings is 2. The molecule has 1 N–H and O–H groups in total. The number of carbonyl (C=O) groups is 1. The summed E-state index contributed by atoms with van der Waals surface area (Å²) in [5, 5.41) is 12.3. The quantitative estimate of drug-likeness (QED) is 0.561. The Hall–Kier alpha value is -3.82. The molecule has 0 saturated carbocycles. The summed E-state index contributed by atoms with van der Waals surface area (Å²) in [6.07, 6.45) is -1.88. The zero-order chi connectivity index (χ0) is 25.5. The molecule has 1 amide bonds. The molecule has 0 spiro atoms. The normalized spacial score (nSPS) is 24.1. The van der Waals surface area contributed by atoms with E-state index in [9.17, 15) is 27.9 Å². The number of hydrogen-bond donors (Lipinski definition) is 1. The molecule has 2 aliphatic carbocycles. The SMILES string of the molecule is CC1N(CC(F)F)C(=O)c2c(O)c(=O)ccn2N1C12c3ccccc3CC1Cc1c2ccc(F)c1F. The molecule has 10 heteroatoms. The highest BCUT2D eigenvalue weighted by molar-refractivity contribution is 5.96. The minimum absolute atomic E-state index is 0.182. The summed E-state index contributed by atoms with van der Waals surface area (Å²) in [6, 6.07) is 11.1. The molecule has 2 aromatic carbocycles.